The number of para-hydroxylation sites is 1. The molecule has 3 aromatic carbocycles. The molecule has 10 heteroatoms. The largest absolute Gasteiger partial charge is 0.366 e. The van der Waals surface area contributed by atoms with Crippen LogP contribution in [0.25, 0.3) is 22.2 Å². The van der Waals surface area contributed by atoms with Gasteiger partial charge in [-0.3, -0.25) is 9.59 Å². The zero-order valence-electron chi connectivity index (χ0n) is 22.6. The molecule has 0 aliphatic heterocycles. The molecule has 0 saturated carbocycles. The highest BCUT2D eigenvalue weighted by Gasteiger charge is 2.13. The molecule has 41 heavy (non-hydrogen) atoms. The van der Waals surface area contributed by atoms with Crippen LogP contribution in [0.3, 0.4) is 0 Å². The summed E-state index contributed by atoms with van der Waals surface area (Å²) in [5.41, 5.74) is 9.37. The van der Waals surface area contributed by atoms with E-state index in [9.17, 15) is 9.59 Å². The predicted octanol–water partition coefficient (Wildman–Crippen LogP) is 5.86. The summed E-state index contributed by atoms with van der Waals surface area (Å²) in [6.45, 7) is 0.753. The molecule has 0 aliphatic rings. The molecule has 0 atom stereocenters. The van der Waals surface area contributed by atoms with Crippen molar-refractivity contribution in [1.29, 1.82) is 0 Å². The van der Waals surface area contributed by atoms with Crippen molar-refractivity contribution >= 4 is 51.6 Å². The van der Waals surface area contributed by atoms with E-state index in [1.165, 1.54) is 6.08 Å². The third-order valence-corrected chi connectivity index (χ3v) is 6.03. The number of hydrogen-bond acceptors (Lipinski definition) is 6. The number of aromatic nitrogens is 3. The Bertz CT molecular complexity index is 1670. The number of benzene rings is 3. The maximum atomic E-state index is 12.4. The Kier molecular flexibility index (Phi) is 9.82. The van der Waals surface area contributed by atoms with Gasteiger partial charge in [0.15, 0.2) is 0 Å². The fraction of sp³-hybridized carbons (Fsp3) is 0.0968. The van der Waals surface area contributed by atoms with Crippen molar-refractivity contribution in [1.82, 2.24) is 19.9 Å². The molecule has 9 nitrogen and oxygen atoms in total. The first-order valence-corrected chi connectivity index (χ1v) is 13.1. The van der Waals surface area contributed by atoms with Crippen molar-refractivity contribution in [3.8, 4) is 11.3 Å². The molecule has 0 saturated heterocycles. The number of H-pyrrole nitrogens is 1. The molecular formula is C31H30ClN7O2. The van der Waals surface area contributed by atoms with E-state index in [-0.39, 0.29) is 5.91 Å². The second kappa shape index (κ2) is 13.9. The van der Waals surface area contributed by atoms with Crippen LogP contribution in [0.2, 0.25) is 5.02 Å². The number of nitrogens with one attached hydrogen (secondary N) is 3. The number of nitrogens with two attached hydrogens (primary N) is 1. The first-order valence-electron chi connectivity index (χ1n) is 12.7. The summed E-state index contributed by atoms with van der Waals surface area (Å²) in [4.78, 5) is 36.7. The normalized spacial score (nSPS) is 10.8. The van der Waals surface area contributed by atoms with Crippen LogP contribution < -0.4 is 16.4 Å². The Morgan fingerprint density at radius 3 is 2.49 bits per heavy atom. The fourth-order valence-corrected chi connectivity index (χ4v) is 4.05. The minimum Gasteiger partial charge on any atom is -0.366 e. The van der Waals surface area contributed by atoms with Crippen molar-refractivity contribution < 1.29 is 9.59 Å². The second-order valence-electron chi connectivity index (χ2n) is 9.23. The van der Waals surface area contributed by atoms with E-state index in [2.05, 4.69) is 25.6 Å². The van der Waals surface area contributed by atoms with Gasteiger partial charge in [0.2, 0.25) is 11.9 Å². The zero-order chi connectivity index (χ0) is 29.2. The number of likely N-dealkylation sites (N-methyl/N-ethyl adjacent to an activating group) is 1. The van der Waals surface area contributed by atoms with Gasteiger partial charge in [-0.15, -0.1) is 0 Å². The lowest BCUT2D eigenvalue weighted by molar-refractivity contribution is -0.113. The Labute approximate surface area is 243 Å². The van der Waals surface area contributed by atoms with Crippen LogP contribution in [0.4, 0.5) is 17.3 Å². The van der Waals surface area contributed by atoms with Gasteiger partial charge >= 0.3 is 0 Å². The van der Waals surface area contributed by atoms with E-state index in [1.54, 1.807) is 24.4 Å². The third-order valence-electron chi connectivity index (χ3n) is 5.75. The summed E-state index contributed by atoms with van der Waals surface area (Å²) >= 11 is 6.42. The van der Waals surface area contributed by atoms with E-state index in [1.807, 2.05) is 91.9 Å². The molecule has 0 fully saturated rings. The van der Waals surface area contributed by atoms with Gasteiger partial charge in [0.25, 0.3) is 5.91 Å². The van der Waals surface area contributed by atoms with Gasteiger partial charge in [0.1, 0.15) is 0 Å². The Morgan fingerprint density at radius 1 is 1.00 bits per heavy atom. The lowest BCUT2D eigenvalue weighted by atomic mass is 10.1. The zero-order valence-corrected chi connectivity index (χ0v) is 23.4. The molecule has 208 valence electrons. The topological polar surface area (TPSA) is 129 Å². The van der Waals surface area contributed by atoms with Crippen LogP contribution in [0.15, 0.2) is 103 Å². The van der Waals surface area contributed by atoms with Gasteiger partial charge < -0.3 is 26.3 Å². The van der Waals surface area contributed by atoms with Crippen molar-refractivity contribution in [2.24, 2.45) is 5.73 Å². The lowest BCUT2D eigenvalue weighted by Crippen LogP contribution is -2.12. The maximum Gasteiger partial charge on any atom is 0.255 e. The maximum absolute atomic E-state index is 12.4. The van der Waals surface area contributed by atoms with Crippen molar-refractivity contribution in [2.75, 3.05) is 31.3 Å². The summed E-state index contributed by atoms with van der Waals surface area (Å²) in [5.74, 6) is -0.162. The minimum atomic E-state index is -0.392. The predicted molar refractivity (Wildman–Crippen MR) is 165 cm³/mol. The van der Waals surface area contributed by atoms with Crippen LogP contribution in [0.5, 0.6) is 0 Å². The van der Waals surface area contributed by atoms with Crippen LogP contribution >= 0.6 is 11.6 Å². The van der Waals surface area contributed by atoms with Crippen molar-refractivity contribution in [2.45, 2.75) is 0 Å². The van der Waals surface area contributed by atoms with Crippen LogP contribution in [0, 0.1) is 0 Å². The standard InChI is InChI=1S/C25H18ClN5O.C6H12N2O/c26-21-15-28-25(31-23(21)20-14-27-22-12-5-4-11-19(20)22)30-18-10-6-9-17(13-18)29-24(32)16-7-2-1-3-8-16;1-8(2)5-3-4-6(7)9/h1-15,27H,(H,29,32)(H,28,30,31);3-4H,5H2,1-2H3,(H2,7,9)/b;4-3+. The molecule has 5 rings (SSSR count). The molecule has 0 bridgehead atoms. The third kappa shape index (κ3) is 8.25. The number of rotatable bonds is 8. The number of primary amides is 1. The molecule has 2 aromatic heterocycles. The summed E-state index contributed by atoms with van der Waals surface area (Å²) < 4.78 is 0. The molecule has 5 aromatic rings. The number of carbonyl (C=O) groups is 2. The van der Waals surface area contributed by atoms with Gasteiger partial charge in [-0.25, -0.2) is 9.97 Å². The number of anilines is 3. The molecule has 0 spiro atoms. The SMILES string of the molecule is CN(C)C/C=C/C(N)=O.O=C(Nc1cccc(Nc2ncc(Cl)c(-c3c[nH]c4ccccc34)n2)c1)c1ccccc1. The van der Waals surface area contributed by atoms with E-state index in [0.29, 0.717) is 27.9 Å². The number of nitrogens with zero attached hydrogens (tertiary/aromatic N) is 3. The van der Waals surface area contributed by atoms with Gasteiger partial charge in [-0.1, -0.05) is 60.1 Å². The van der Waals surface area contributed by atoms with Crippen LogP contribution in [-0.4, -0.2) is 52.3 Å². The molecule has 2 heterocycles. The average molecular weight is 568 g/mol. The average Bonchev–Trinajstić information content (AvgIpc) is 3.39. The second-order valence-corrected chi connectivity index (χ2v) is 9.64. The summed E-state index contributed by atoms with van der Waals surface area (Å²) in [6.07, 6.45) is 6.56. The molecule has 5 N–H and O–H groups in total. The summed E-state index contributed by atoms with van der Waals surface area (Å²) in [5, 5.41) is 7.59. The van der Waals surface area contributed by atoms with E-state index in [4.69, 9.17) is 17.3 Å². The van der Waals surface area contributed by atoms with Crippen LogP contribution in [0.1, 0.15) is 10.4 Å². The smallest absolute Gasteiger partial charge is 0.255 e. The molecular weight excluding hydrogens is 538 g/mol. The van der Waals surface area contributed by atoms with Gasteiger partial charge in [-0.05, 0) is 56.6 Å². The highest BCUT2D eigenvalue weighted by atomic mass is 35.5. The van der Waals surface area contributed by atoms with Gasteiger partial charge in [0, 0.05) is 46.1 Å². The fourth-order valence-electron chi connectivity index (χ4n) is 3.86. The van der Waals surface area contributed by atoms with Crippen LogP contribution in [-0.2, 0) is 4.79 Å². The molecule has 0 radical (unpaired) electrons. The highest BCUT2D eigenvalue weighted by Crippen LogP contribution is 2.32. The molecule has 0 unspecified atom stereocenters. The highest BCUT2D eigenvalue weighted by molar-refractivity contribution is 6.33. The van der Waals surface area contributed by atoms with Gasteiger partial charge in [-0.2, -0.15) is 0 Å². The summed E-state index contributed by atoms with van der Waals surface area (Å²) in [6, 6.07) is 24.4. The number of halogens is 1. The quantitative estimate of drug-likeness (QED) is 0.174. The number of amides is 2. The van der Waals surface area contributed by atoms with E-state index >= 15 is 0 Å². The first-order chi connectivity index (χ1) is 19.8. The summed E-state index contributed by atoms with van der Waals surface area (Å²) in [7, 11) is 3.84. The monoisotopic (exact) mass is 567 g/mol. The van der Waals surface area contributed by atoms with Crippen molar-refractivity contribution in [3.05, 3.63) is 114 Å². The van der Waals surface area contributed by atoms with E-state index < -0.39 is 5.91 Å². The Balaban J connectivity index is 0.000000374. The first kappa shape index (κ1) is 29.0. The van der Waals surface area contributed by atoms with Gasteiger partial charge in [0.05, 0.1) is 16.9 Å². The number of fused-ring (bicyclic) bond motifs is 1. The lowest BCUT2D eigenvalue weighted by Gasteiger charge is -2.10. The number of carbonyl (C=O) groups excluding carboxylic acids is 2. The number of aromatic amines is 1. The Morgan fingerprint density at radius 2 is 1.73 bits per heavy atom. The van der Waals surface area contributed by atoms with Crippen molar-refractivity contribution in [3.63, 3.8) is 0 Å². The van der Waals surface area contributed by atoms with E-state index in [0.717, 1.165) is 28.7 Å². The number of hydrogen-bond donors (Lipinski definition) is 4. The Hall–Kier alpha value is -4.99. The molecule has 0 aliphatic carbocycles. The molecule has 2 amide bonds. The minimum absolute atomic E-state index is 0.174.